The van der Waals surface area contributed by atoms with Gasteiger partial charge in [-0.1, -0.05) is 0 Å². The Hall–Kier alpha value is 0.373. The first-order valence-electron chi connectivity index (χ1n) is 3.14. The minimum atomic E-state index is -2.53. The van der Waals surface area contributed by atoms with E-state index in [1.165, 1.54) is 0 Å². The molecule has 0 fully saturated rings. The maximum atomic E-state index is 9.95. The van der Waals surface area contributed by atoms with Crippen molar-refractivity contribution in [1.82, 2.24) is 0 Å². The van der Waals surface area contributed by atoms with Gasteiger partial charge in [0.05, 0.1) is 0 Å². The van der Waals surface area contributed by atoms with Gasteiger partial charge < -0.3 is 5.11 Å². The molecule has 0 rings (SSSR count). The van der Waals surface area contributed by atoms with Gasteiger partial charge >= 0.3 is 14.2 Å². The summed E-state index contributed by atoms with van der Waals surface area (Å²) < 4.78 is 14.2. The topological polar surface area (TPSA) is 83.8 Å². The van der Waals surface area contributed by atoms with E-state index in [1.807, 2.05) is 0 Å². The Balaban J connectivity index is 0. The van der Waals surface area contributed by atoms with Gasteiger partial charge in [-0.3, -0.25) is 4.79 Å². The summed E-state index contributed by atoms with van der Waals surface area (Å²) in [4.78, 5) is 18.1. The van der Waals surface area contributed by atoms with E-state index >= 15 is 0 Å². The molecule has 0 saturated carbocycles. The molecule has 1 atom stereocenters. The Labute approximate surface area is 90.2 Å². The van der Waals surface area contributed by atoms with Gasteiger partial charge in [0, 0.05) is 37.2 Å². The van der Waals surface area contributed by atoms with E-state index in [1.54, 1.807) is 0 Å². The largest absolute Gasteiger partial charge is 0.694 e. The van der Waals surface area contributed by atoms with Crippen LogP contribution in [0.1, 0.15) is 19.3 Å². The quantitative estimate of drug-likeness (QED) is 0.554. The van der Waals surface area contributed by atoms with Crippen molar-refractivity contribution in [2.75, 3.05) is 6.61 Å². The molecule has 0 saturated heterocycles. The molecular weight excluding hydrogens is 262 g/mol. The van der Waals surface area contributed by atoms with E-state index in [9.17, 15) is 9.36 Å². The summed E-state index contributed by atoms with van der Waals surface area (Å²) in [5.74, 6) is -0.863. The van der Waals surface area contributed by atoms with E-state index in [0.717, 1.165) is 0 Å². The van der Waals surface area contributed by atoms with E-state index in [4.69, 9.17) is 10.00 Å². The van der Waals surface area contributed by atoms with Crippen molar-refractivity contribution < 1.29 is 50.1 Å². The molecule has 0 aromatic rings. The van der Waals surface area contributed by atoms with Gasteiger partial charge in [0.25, 0.3) is 0 Å². The molecule has 1 unspecified atom stereocenters. The molecule has 0 aliphatic carbocycles. The van der Waals surface area contributed by atoms with Crippen molar-refractivity contribution in [3.8, 4) is 0 Å². The molecule has 0 aliphatic heterocycles. The zero-order valence-corrected chi connectivity index (χ0v) is 9.75. The van der Waals surface area contributed by atoms with E-state index in [0.29, 0.717) is 12.8 Å². The number of carboxylic acids is 1. The summed E-state index contributed by atoms with van der Waals surface area (Å²) in [6.07, 6.45) is 1.04. The molecule has 0 bridgehead atoms. The predicted octanol–water partition coefficient (Wildman–Crippen LogP) is 0.905. The van der Waals surface area contributed by atoms with Crippen LogP contribution in [0.4, 0.5) is 0 Å². The van der Waals surface area contributed by atoms with Crippen LogP contribution >= 0.6 is 8.25 Å². The van der Waals surface area contributed by atoms with Crippen LogP contribution in [-0.4, -0.2) is 22.6 Å². The zero-order valence-electron chi connectivity index (χ0n) is 6.39. The average molecular weight is 272 g/mol. The van der Waals surface area contributed by atoms with Crippen LogP contribution in [0.2, 0.25) is 0 Å². The molecular formula is C5H10O5PZr+. The van der Waals surface area contributed by atoms with Gasteiger partial charge in [0.1, 0.15) is 6.61 Å². The number of unbranched alkanes of at least 4 members (excludes halogenated alkanes) is 1. The molecule has 7 heteroatoms. The van der Waals surface area contributed by atoms with Crippen molar-refractivity contribution in [3.05, 3.63) is 0 Å². The average Bonchev–Trinajstić information content (AvgIpc) is 1.85. The van der Waals surface area contributed by atoms with Crippen molar-refractivity contribution in [1.29, 1.82) is 0 Å². The minimum Gasteiger partial charge on any atom is -0.481 e. The van der Waals surface area contributed by atoms with Crippen molar-refractivity contribution in [2.24, 2.45) is 0 Å². The van der Waals surface area contributed by atoms with Crippen LogP contribution in [0, 0.1) is 0 Å². The van der Waals surface area contributed by atoms with Gasteiger partial charge in [-0.2, -0.15) is 0 Å². The van der Waals surface area contributed by atoms with Gasteiger partial charge in [-0.15, -0.1) is 9.42 Å². The summed E-state index contributed by atoms with van der Waals surface area (Å²) in [5.41, 5.74) is 0. The molecule has 0 amide bonds. The van der Waals surface area contributed by atoms with E-state index in [2.05, 4.69) is 4.52 Å². The molecule has 0 spiro atoms. The van der Waals surface area contributed by atoms with Crippen LogP contribution < -0.4 is 0 Å². The monoisotopic (exact) mass is 271 g/mol. The first kappa shape index (κ1) is 14.9. The Bertz CT molecular complexity index is 135. The normalized spacial score (nSPS) is 10.2. The molecule has 12 heavy (non-hydrogen) atoms. The first-order valence-corrected chi connectivity index (χ1v) is 4.27. The number of hydrogen-bond acceptors (Lipinski definition) is 3. The van der Waals surface area contributed by atoms with E-state index < -0.39 is 14.2 Å². The van der Waals surface area contributed by atoms with Crippen LogP contribution in [0.3, 0.4) is 0 Å². The Morgan fingerprint density at radius 2 is 2.00 bits per heavy atom. The third-order valence-electron chi connectivity index (χ3n) is 0.987. The Morgan fingerprint density at radius 1 is 1.42 bits per heavy atom. The molecule has 0 aliphatic rings. The maximum Gasteiger partial charge on any atom is 0.694 e. The summed E-state index contributed by atoms with van der Waals surface area (Å²) in [6.45, 7) is 0.138. The second-order valence-corrected chi connectivity index (χ2v) is 2.66. The van der Waals surface area contributed by atoms with Crippen LogP contribution in [0.15, 0.2) is 0 Å². The van der Waals surface area contributed by atoms with Crippen molar-refractivity contribution in [2.45, 2.75) is 19.3 Å². The Morgan fingerprint density at radius 3 is 2.42 bits per heavy atom. The SMILES string of the molecule is O=C(O)CCCCO[P+](=O)O.[Zr]. The second-order valence-electron chi connectivity index (χ2n) is 1.92. The summed E-state index contributed by atoms with van der Waals surface area (Å²) in [7, 11) is -2.53. The standard InChI is InChI=1S/C5H9O5P.Zr/c6-5(7)3-1-2-4-10-11(8)9;/h1-4H2,(H-,6,7,8,9);/p+1. The second kappa shape index (κ2) is 9.46. The summed E-state index contributed by atoms with van der Waals surface area (Å²) in [6, 6.07) is 0. The maximum absolute atomic E-state index is 9.95. The number of aliphatic carboxylic acids is 1. The molecule has 0 aromatic heterocycles. The fourth-order valence-electron chi connectivity index (χ4n) is 0.521. The van der Waals surface area contributed by atoms with Crippen LogP contribution in [0.5, 0.6) is 0 Å². The summed E-state index contributed by atoms with van der Waals surface area (Å²) in [5, 5.41) is 8.17. The third kappa shape index (κ3) is 13.0. The van der Waals surface area contributed by atoms with E-state index in [-0.39, 0.29) is 39.2 Å². The number of carbonyl (C=O) groups is 1. The van der Waals surface area contributed by atoms with Crippen molar-refractivity contribution >= 4 is 14.2 Å². The molecule has 5 nitrogen and oxygen atoms in total. The molecule has 2 N–H and O–H groups in total. The van der Waals surface area contributed by atoms with Gasteiger partial charge in [-0.25, -0.2) is 0 Å². The summed E-state index contributed by atoms with van der Waals surface area (Å²) >= 11 is 0. The number of rotatable bonds is 6. The Kier molecular flexibility index (Phi) is 11.7. The smallest absolute Gasteiger partial charge is 0.481 e. The molecule has 0 heterocycles. The predicted molar refractivity (Wildman–Crippen MR) is 37.3 cm³/mol. The van der Waals surface area contributed by atoms with Crippen LogP contribution in [-0.2, 0) is 40.1 Å². The van der Waals surface area contributed by atoms with Gasteiger partial charge in [0.15, 0.2) is 0 Å². The molecule has 0 radical (unpaired) electrons. The molecule has 0 aromatic carbocycles. The fraction of sp³-hybridized carbons (Fsp3) is 0.800. The van der Waals surface area contributed by atoms with Crippen molar-refractivity contribution in [3.63, 3.8) is 0 Å². The first-order chi connectivity index (χ1) is 5.13. The fourth-order valence-corrected chi connectivity index (χ4v) is 0.806. The van der Waals surface area contributed by atoms with Crippen LogP contribution in [0.25, 0.3) is 0 Å². The zero-order chi connectivity index (χ0) is 8.69. The number of hydrogen-bond donors (Lipinski definition) is 2. The number of carboxylic acid groups (broad SMARTS) is 1. The van der Waals surface area contributed by atoms with Gasteiger partial charge in [0.2, 0.25) is 0 Å². The third-order valence-corrected chi connectivity index (χ3v) is 1.39. The minimum absolute atomic E-state index is 0. The molecule has 68 valence electrons. The van der Waals surface area contributed by atoms with Gasteiger partial charge in [-0.05, 0) is 12.8 Å².